The van der Waals surface area contributed by atoms with Crippen LogP contribution in [0.1, 0.15) is 5.56 Å². The molecule has 0 heterocycles. The van der Waals surface area contributed by atoms with E-state index in [2.05, 4.69) is 0 Å². The van der Waals surface area contributed by atoms with Gasteiger partial charge in [-0.05, 0) is 12.1 Å². The lowest BCUT2D eigenvalue weighted by atomic mass is 10.1. The number of aromatic hydroxyl groups is 1. The van der Waals surface area contributed by atoms with Gasteiger partial charge in [-0.2, -0.15) is 10.5 Å². The number of non-ortho nitro benzene ring substituents is 1. The molecule has 6 nitrogen and oxygen atoms in total. The van der Waals surface area contributed by atoms with Crippen molar-refractivity contribution in [3.05, 3.63) is 39.4 Å². The summed E-state index contributed by atoms with van der Waals surface area (Å²) < 4.78 is 0. The standard InChI is InChI=1S/C10H5N3O3/c11-5-7(6-12)3-8-4-9(13(15)16)1-2-10(8)14/h1-4,14H. The molecule has 1 aromatic rings. The second kappa shape index (κ2) is 4.58. The molecule has 0 saturated heterocycles. The maximum atomic E-state index is 10.5. The van der Waals surface area contributed by atoms with Crippen LogP contribution in [-0.4, -0.2) is 10.0 Å². The van der Waals surface area contributed by atoms with Gasteiger partial charge in [0.2, 0.25) is 0 Å². The summed E-state index contributed by atoms with van der Waals surface area (Å²) in [5, 5.41) is 36.8. The number of benzene rings is 1. The average Bonchev–Trinajstić information content (AvgIpc) is 2.27. The Hall–Kier alpha value is -2.86. The molecule has 16 heavy (non-hydrogen) atoms. The molecule has 0 saturated carbocycles. The molecule has 78 valence electrons. The Balaban J connectivity index is 3.30. The summed E-state index contributed by atoms with van der Waals surface area (Å²) in [7, 11) is 0. The van der Waals surface area contributed by atoms with E-state index in [1.807, 2.05) is 0 Å². The molecule has 0 aliphatic carbocycles. The van der Waals surface area contributed by atoms with E-state index in [1.54, 1.807) is 12.1 Å². The van der Waals surface area contributed by atoms with E-state index in [4.69, 9.17) is 10.5 Å². The number of rotatable bonds is 2. The summed E-state index contributed by atoms with van der Waals surface area (Å²) in [6.45, 7) is 0. The van der Waals surface area contributed by atoms with Crippen molar-refractivity contribution in [2.45, 2.75) is 0 Å². The van der Waals surface area contributed by atoms with E-state index in [1.165, 1.54) is 0 Å². The molecule has 1 aromatic carbocycles. The molecule has 0 amide bonds. The van der Waals surface area contributed by atoms with Gasteiger partial charge in [0.25, 0.3) is 5.69 Å². The highest BCUT2D eigenvalue weighted by atomic mass is 16.6. The van der Waals surface area contributed by atoms with Gasteiger partial charge >= 0.3 is 0 Å². The number of nitro groups is 1. The summed E-state index contributed by atoms with van der Waals surface area (Å²) in [4.78, 5) is 9.83. The zero-order chi connectivity index (χ0) is 12.1. The van der Waals surface area contributed by atoms with Gasteiger partial charge in [0.05, 0.1) is 4.92 Å². The van der Waals surface area contributed by atoms with Crippen LogP contribution in [0.3, 0.4) is 0 Å². The minimum absolute atomic E-state index is 0.0623. The van der Waals surface area contributed by atoms with E-state index in [-0.39, 0.29) is 22.6 Å². The highest BCUT2D eigenvalue weighted by Crippen LogP contribution is 2.24. The molecule has 0 fully saturated rings. The van der Waals surface area contributed by atoms with Crippen molar-refractivity contribution in [3.8, 4) is 17.9 Å². The van der Waals surface area contributed by atoms with Crippen LogP contribution >= 0.6 is 0 Å². The lowest BCUT2D eigenvalue weighted by Crippen LogP contribution is -1.88. The van der Waals surface area contributed by atoms with Gasteiger partial charge in [0.1, 0.15) is 23.5 Å². The Morgan fingerprint density at radius 1 is 1.44 bits per heavy atom. The smallest absolute Gasteiger partial charge is 0.270 e. The molecule has 0 atom stereocenters. The molecule has 0 aliphatic rings. The minimum atomic E-state index is -0.630. The van der Waals surface area contributed by atoms with Crippen molar-refractivity contribution in [1.29, 1.82) is 10.5 Å². The fourth-order valence-corrected chi connectivity index (χ4v) is 1.02. The fourth-order valence-electron chi connectivity index (χ4n) is 1.02. The first-order valence-electron chi connectivity index (χ1n) is 4.07. The van der Waals surface area contributed by atoms with Gasteiger partial charge in [0.15, 0.2) is 0 Å². The Kier molecular flexibility index (Phi) is 3.21. The van der Waals surface area contributed by atoms with Crippen molar-refractivity contribution >= 4 is 11.8 Å². The molecular weight excluding hydrogens is 210 g/mol. The monoisotopic (exact) mass is 215 g/mol. The van der Waals surface area contributed by atoms with Crippen molar-refractivity contribution in [3.63, 3.8) is 0 Å². The van der Waals surface area contributed by atoms with Crippen molar-refractivity contribution in [2.24, 2.45) is 0 Å². The first-order valence-corrected chi connectivity index (χ1v) is 4.07. The van der Waals surface area contributed by atoms with E-state index in [0.29, 0.717) is 0 Å². The highest BCUT2D eigenvalue weighted by molar-refractivity contribution is 5.67. The number of allylic oxidation sites excluding steroid dienone is 1. The van der Waals surface area contributed by atoms with Crippen LogP contribution in [0.25, 0.3) is 6.08 Å². The van der Waals surface area contributed by atoms with Crippen molar-refractivity contribution in [2.75, 3.05) is 0 Å². The predicted octanol–water partition coefficient (Wildman–Crippen LogP) is 1.73. The zero-order valence-electron chi connectivity index (χ0n) is 7.91. The van der Waals surface area contributed by atoms with E-state index >= 15 is 0 Å². The summed E-state index contributed by atoms with van der Waals surface area (Å²) in [5.74, 6) is -0.228. The summed E-state index contributed by atoms with van der Waals surface area (Å²) >= 11 is 0. The van der Waals surface area contributed by atoms with E-state index in [9.17, 15) is 15.2 Å². The fraction of sp³-hybridized carbons (Fsp3) is 0. The van der Waals surface area contributed by atoms with Crippen LogP contribution in [-0.2, 0) is 0 Å². The van der Waals surface area contributed by atoms with Gasteiger partial charge in [0, 0.05) is 17.7 Å². The average molecular weight is 215 g/mol. The largest absolute Gasteiger partial charge is 0.507 e. The summed E-state index contributed by atoms with van der Waals surface area (Å²) in [5.41, 5.74) is -0.401. The topological polar surface area (TPSA) is 111 Å². The van der Waals surface area contributed by atoms with Gasteiger partial charge in [-0.25, -0.2) is 0 Å². The number of nitro benzene ring substituents is 1. The SMILES string of the molecule is N#CC(C#N)=Cc1cc([N+](=O)[O-])ccc1O. The minimum Gasteiger partial charge on any atom is -0.507 e. The Bertz CT molecular complexity index is 533. The van der Waals surface area contributed by atoms with E-state index in [0.717, 1.165) is 24.3 Å². The number of phenols is 1. The van der Waals surface area contributed by atoms with Crippen LogP contribution in [0, 0.1) is 32.8 Å². The maximum Gasteiger partial charge on any atom is 0.270 e. The number of phenolic OH excluding ortho intramolecular Hbond substituents is 1. The first-order chi connectivity index (χ1) is 7.58. The summed E-state index contributed by atoms with van der Waals surface area (Å²) in [6, 6.07) is 6.54. The zero-order valence-corrected chi connectivity index (χ0v) is 7.91. The van der Waals surface area contributed by atoms with Gasteiger partial charge in [-0.15, -0.1) is 0 Å². The molecule has 0 bridgehead atoms. The second-order valence-corrected chi connectivity index (χ2v) is 2.78. The van der Waals surface area contributed by atoms with Gasteiger partial charge in [-0.1, -0.05) is 0 Å². The number of nitrogens with zero attached hydrogens (tertiary/aromatic N) is 3. The molecule has 0 aliphatic heterocycles. The molecule has 1 rings (SSSR count). The third-order valence-electron chi connectivity index (χ3n) is 1.76. The number of hydrogen-bond donors (Lipinski definition) is 1. The van der Waals surface area contributed by atoms with Crippen LogP contribution in [0.2, 0.25) is 0 Å². The highest BCUT2D eigenvalue weighted by Gasteiger charge is 2.09. The molecule has 0 aromatic heterocycles. The Morgan fingerprint density at radius 2 is 2.06 bits per heavy atom. The van der Waals surface area contributed by atoms with E-state index < -0.39 is 4.92 Å². The predicted molar refractivity (Wildman–Crippen MR) is 54.0 cm³/mol. The van der Waals surface area contributed by atoms with Gasteiger partial charge < -0.3 is 5.11 Å². The van der Waals surface area contributed by atoms with Crippen LogP contribution in [0.5, 0.6) is 5.75 Å². The quantitative estimate of drug-likeness (QED) is 0.458. The third-order valence-corrected chi connectivity index (χ3v) is 1.76. The normalized spacial score (nSPS) is 8.62. The van der Waals surface area contributed by atoms with Crippen LogP contribution in [0.15, 0.2) is 23.8 Å². The van der Waals surface area contributed by atoms with Crippen molar-refractivity contribution in [1.82, 2.24) is 0 Å². The Morgan fingerprint density at radius 3 is 2.56 bits per heavy atom. The lowest BCUT2D eigenvalue weighted by Gasteiger charge is -1.98. The first kappa shape index (κ1) is 11.2. The second-order valence-electron chi connectivity index (χ2n) is 2.78. The molecule has 0 unspecified atom stereocenters. The van der Waals surface area contributed by atoms with Gasteiger partial charge in [-0.3, -0.25) is 10.1 Å². The molecule has 1 N–H and O–H groups in total. The number of hydrogen-bond acceptors (Lipinski definition) is 5. The number of nitriles is 2. The molecular formula is C10H5N3O3. The Labute approximate surface area is 90.4 Å². The molecule has 0 radical (unpaired) electrons. The van der Waals surface area contributed by atoms with Crippen molar-refractivity contribution < 1.29 is 10.0 Å². The van der Waals surface area contributed by atoms with Crippen LogP contribution < -0.4 is 0 Å². The van der Waals surface area contributed by atoms with Crippen LogP contribution in [0.4, 0.5) is 5.69 Å². The molecule has 0 spiro atoms. The maximum absolute atomic E-state index is 10.5. The molecule has 6 heteroatoms. The third kappa shape index (κ3) is 2.34. The summed E-state index contributed by atoms with van der Waals surface area (Å²) in [6.07, 6.45) is 1.09. The lowest BCUT2D eigenvalue weighted by molar-refractivity contribution is -0.384.